The van der Waals surface area contributed by atoms with Crippen molar-refractivity contribution in [1.82, 2.24) is 14.9 Å². The fourth-order valence-corrected chi connectivity index (χ4v) is 2.53. The first-order chi connectivity index (χ1) is 7.18. The van der Waals surface area contributed by atoms with Gasteiger partial charge in [0.15, 0.2) is 0 Å². The van der Waals surface area contributed by atoms with E-state index in [9.17, 15) is 4.79 Å². The molecule has 0 saturated carbocycles. The van der Waals surface area contributed by atoms with E-state index in [-0.39, 0.29) is 11.3 Å². The lowest BCUT2D eigenvalue weighted by Crippen LogP contribution is -2.33. The second-order valence-corrected chi connectivity index (χ2v) is 4.94. The molecule has 0 spiro atoms. The van der Waals surface area contributed by atoms with Crippen LogP contribution >= 0.6 is 11.8 Å². The molecule has 0 radical (unpaired) electrons. The second kappa shape index (κ2) is 4.18. The first-order valence-electron chi connectivity index (χ1n) is 4.89. The normalized spacial score (nSPS) is 20.7. The Morgan fingerprint density at radius 1 is 1.53 bits per heavy atom. The average Bonchev–Trinajstić information content (AvgIpc) is 2.65. The van der Waals surface area contributed by atoms with E-state index in [0.717, 1.165) is 18.0 Å². The fourth-order valence-electron chi connectivity index (χ4n) is 1.51. The molecule has 1 aliphatic heterocycles. The number of aromatic nitrogens is 2. The first-order valence-corrected chi connectivity index (χ1v) is 5.94. The van der Waals surface area contributed by atoms with Crippen LogP contribution in [-0.2, 0) is 0 Å². The summed E-state index contributed by atoms with van der Waals surface area (Å²) in [6.07, 6.45) is 3.18. The molecular formula is C10H13N3OS. The summed E-state index contributed by atoms with van der Waals surface area (Å²) in [7, 11) is 0. The standard InChI is InChI=1S/C10H13N3OS/c1-7-5-12-9(6-11-7)10(14)13-3-4-15-8(13)2/h5-6,8H,3-4H2,1-2H3. The summed E-state index contributed by atoms with van der Waals surface area (Å²) < 4.78 is 0. The molecule has 1 aromatic heterocycles. The van der Waals surface area contributed by atoms with Crippen molar-refractivity contribution in [2.24, 2.45) is 0 Å². The van der Waals surface area contributed by atoms with E-state index in [0.29, 0.717) is 5.69 Å². The fraction of sp³-hybridized carbons (Fsp3) is 0.500. The first kappa shape index (κ1) is 10.4. The molecule has 0 N–H and O–H groups in total. The number of thioether (sulfide) groups is 1. The lowest BCUT2D eigenvalue weighted by atomic mass is 10.3. The minimum atomic E-state index is -0.0139. The number of carbonyl (C=O) groups excluding carboxylic acids is 1. The minimum absolute atomic E-state index is 0.0139. The van der Waals surface area contributed by atoms with Crippen molar-refractivity contribution in [3.63, 3.8) is 0 Å². The van der Waals surface area contributed by atoms with Crippen molar-refractivity contribution in [3.8, 4) is 0 Å². The molecule has 80 valence electrons. The van der Waals surface area contributed by atoms with E-state index >= 15 is 0 Å². The van der Waals surface area contributed by atoms with E-state index in [1.54, 1.807) is 24.2 Å². The van der Waals surface area contributed by atoms with Crippen molar-refractivity contribution in [2.75, 3.05) is 12.3 Å². The Bertz CT molecular complexity index is 365. The third-order valence-electron chi connectivity index (χ3n) is 2.39. The molecule has 4 nitrogen and oxygen atoms in total. The maximum Gasteiger partial charge on any atom is 0.274 e. The molecule has 1 atom stereocenters. The van der Waals surface area contributed by atoms with E-state index in [1.807, 2.05) is 18.7 Å². The Morgan fingerprint density at radius 2 is 2.33 bits per heavy atom. The van der Waals surface area contributed by atoms with Gasteiger partial charge in [-0.1, -0.05) is 0 Å². The zero-order valence-electron chi connectivity index (χ0n) is 8.80. The van der Waals surface area contributed by atoms with Crippen molar-refractivity contribution in [1.29, 1.82) is 0 Å². The highest BCUT2D eigenvalue weighted by atomic mass is 32.2. The summed E-state index contributed by atoms with van der Waals surface area (Å²) in [6.45, 7) is 4.70. The third kappa shape index (κ3) is 2.12. The van der Waals surface area contributed by atoms with Crippen LogP contribution in [0.15, 0.2) is 12.4 Å². The van der Waals surface area contributed by atoms with Crippen LogP contribution in [0.1, 0.15) is 23.1 Å². The summed E-state index contributed by atoms with van der Waals surface area (Å²) >= 11 is 1.79. The number of carbonyl (C=O) groups is 1. The van der Waals surface area contributed by atoms with Gasteiger partial charge in [-0.3, -0.25) is 9.78 Å². The van der Waals surface area contributed by atoms with Crippen LogP contribution in [0.25, 0.3) is 0 Å². The third-order valence-corrected chi connectivity index (χ3v) is 3.55. The molecule has 1 aromatic rings. The Hall–Kier alpha value is -1.10. The summed E-state index contributed by atoms with van der Waals surface area (Å²) in [5.41, 5.74) is 1.27. The number of aryl methyl sites for hydroxylation is 1. The van der Waals surface area contributed by atoms with E-state index < -0.39 is 0 Å². The number of nitrogens with zero attached hydrogens (tertiary/aromatic N) is 3. The van der Waals surface area contributed by atoms with Crippen molar-refractivity contribution in [3.05, 3.63) is 23.8 Å². The lowest BCUT2D eigenvalue weighted by Gasteiger charge is -2.19. The summed E-state index contributed by atoms with van der Waals surface area (Å²) in [5, 5.41) is 0.251. The van der Waals surface area contributed by atoms with Crippen LogP contribution in [0, 0.1) is 6.92 Å². The van der Waals surface area contributed by atoms with Gasteiger partial charge in [0.25, 0.3) is 5.91 Å². The molecule has 2 rings (SSSR count). The summed E-state index contributed by atoms with van der Waals surface area (Å²) in [6, 6.07) is 0. The van der Waals surface area contributed by atoms with Gasteiger partial charge in [-0.15, -0.1) is 11.8 Å². The number of hydrogen-bond acceptors (Lipinski definition) is 4. The van der Waals surface area contributed by atoms with E-state index in [2.05, 4.69) is 9.97 Å². The van der Waals surface area contributed by atoms with Crippen LogP contribution in [0.4, 0.5) is 0 Å². The van der Waals surface area contributed by atoms with Crippen LogP contribution < -0.4 is 0 Å². The van der Waals surface area contributed by atoms with Crippen LogP contribution in [-0.4, -0.2) is 38.4 Å². The van der Waals surface area contributed by atoms with E-state index in [4.69, 9.17) is 0 Å². The van der Waals surface area contributed by atoms with Gasteiger partial charge >= 0.3 is 0 Å². The molecule has 1 saturated heterocycles. The predicted molar refractivity (Wildman–Crippen MR) is 59.7 cm³/mol. The molecule has 1 aliphatic rings. The molecule has 1 amide bonds. The quantitative estimate of drug-likeness (QED) is 0.720. The zero-order valence-corrected chi connectivity index (χ0v) is 9.62. The van der Waals surface area contributed by atoms with Crippen LogP contribution in [0.2, 0.25) is 0 Å². The zero-order chi connectivity index (χ0) is 10.8. The van der Waals surface area contributed by atoms with Gasteiger partial charge in [-0.05, 0) is 13.8 Å². The Labute approximate surface area is 93.1 Å². The van der Waals surface area contributed by atoms with Gasteiger partial charge in [0.2, 0.25) is 0 Å². The van der Waals surface area contributed by atoms with Gasteiger partial charge in [-0.25, -0.2) is 4.98 Å². The number of amides is 1. The summed E-state index contributed by atoms with van der Waals surface area (Å²) in [5.74, 6) is 0.992. The molecule has 15 heavy (non-hydrogen) atoms. The molecule has 2 heterocycles. The molecule has 1 fully saturated rings. The topological polar surface area (TPSA) is 46.1 Å². The summed E-state index contributed by atoms with van der Waals surface area (Å²) in [4.78, 5) is 22.0. The molecule has 0 aromatic carbocycles. The van der Waals surface area contributed by atoms with Gasteiger partial charge in [0, 0.05) is 18.5 Å². The van der Waals surface area contributed by atoms with Gasteiger partial charge in [0.05, 0.1) is 17.3 Å². The largest absolute Gasteiger partial charge is 0.325 e. The Morgan fingerprint density at radius 3 is 2.87 bits per heavy atom. The number of rotatable bonds is 1. The predicted octanol–water partition coefficient (Wildman–Crippen LogP) is 1.32. The highest BCUT2D eigenvalue weighted by molar-refractivity contribution is 8.00. The smallest absolute Gasteiger partial charge is 0.274 e. The molecule has 0 bridgehead atoms. The lowest BCUT2D eigenvalue weighted by molar-refractivity contribution is 0.0762. The van der Waals surface area contributed by atoms with Crippen LogP contribution in [0.3, 0.4) is 0 Å². The Kier molecular flexibility index (Phi) is 2.90. The molecular weight excluding hydrogens is 210 g/mol. The Balaban J connectivity index is 2.17. The van der Waals surface area contributed by atoms with Crippen molar-refractivity contribution in [2.45, 2.75) is 19.2 Å². The SMILES string of the molecule is Cc1cnc(C(=O)N2CCSC2C)cn1. The molecule has 5 heteroatoms. The molecule has 0 aliphatic carbocycles. The molecule has 1 unspecified atom stereocenters. The second-order valence-electron chi connectivity index (χ2n) is 3.51. The highest BCUT2D eigenvalue weighted by Gasteiger charge is 2.27. The average molecular weight is 223 g/mol. The van der Waals surface area contributed by atoms with E-state index in [1.165, 1.54) is 0 Å². The van der Waals surface area contributed by atoms with Crippen LogP contribution in [0.5, 0.6) is 0 Å². The van der Waals surface area contributed by atoms with Gasteiger partial charge in [-0.2, -0.15) is 0 Å². The van der Waals surface area contributed by atoms with Crippen molar-refractivity contribution >= 4 is 17.7 Å². The maximum atomic E-state index is 12.0. The number of hydrogen-bond donors (Lipinski definition) is 0. The monoisotopic (exact) mass is 223 g/mol. The van der Waals surface area contributed by atoms with Crippen molar-refractivity contribution < 1.29 is 4.79 Å². The minimum Gasteiger partial charge on any atom is -0.325 e. The van der Waals surface area contributed by atoms with Gasteiger partial charge in [0.1, 0.15) is 5.69 Å². The van der Waals surface area contributed by atoms with Gasteiger partial charge < -0.3 is 4.90 Å². The maximum absolute atomic E-state index is 12.0. The highest BCUT2D eigenvalue weighted by Crippen LogP contribution is 2.24.